The molecule has 6 rings (SSSR count). The fourth-order valence-corrected chi connectivity index (χ4v) is 10.6. The predicted octanol–water partition coefficient (Wildman–Crippen LogP) is 18.3. The second kappa shape index (κ2) is 29.4. The number of hydrogen-bond acceptors (Lipinski definition) is 0. The molecule has 6 aliphatic rings. The molecule has 4 atom stereocenters. The van der Waals surface area contributed by atoms with Gasteiger partial charge in [0.25, 0.3) is 0 Å². The molecule has 0 saturated heterocycles. The van der Waals surface area contributed by atoms with Crippen LogP contribution in [0.1, 0.15) is 252 Å². The quantitative estimate of drug-likeness (QED) is 0.273. The van der Waals surface area contributed by atoms with E-state index in [0.29, 0.717) is 0 Å². The molecule has 6 fully saturated rings. The first-order chi connectivity index (χ1) is 22.0. The fourth-order valence-electron chi connectivity index (χ4n) is 10.6. The Morgan fingerprint density at radius 1 is 0.240 bits per heavy atom. The lowest BCUT2D eigenvalue weighted by Gasteiger charge is -2.33. The van der Waals surface area contributed by atoms with E-state index in [0.717, 1.165) is 71.0 Å². The molecule has 0 aromatic rings. The van der Waals surface area contributed by atoms with Crippen LogP contribution in [0.2, 0.25) is 0 Å². The Balaban J connectivity index is 0. The van der Waals surface area contributed by atoms with Crippen LogP contribution in [-0.4, -0.2) is 0 Å². The van der Waals surface area contributed by atoms with E-state index in [1.54, 1.807) is 12.8 Å². The van der Waals surface area contributed by atoms with E-state index in [-0.39, 0.29) is 29.7 Å². The molecule has 0 radical (unpaired) electrons. The average Bonchev–Trinajstić information content (AvgIpc) is 3.03. The van der Waals surface area contributed by atoms with Crippen molar-refractivity contribution in [1.29, 1.82) is 0 Å². The lowest BCUT2D eigenvalue weighted by Crippen LogP contribution is -2.19. The molecule has 6 saturated carbocycles. The monoisotopic (exact) mass is 705 g/mol. The molecule has 0 spiro atoms. The van der Waals surface area contributed by atoms with Gasteiger partial charge in [-0.3, -0.25) is 0 Å². The predicted molar refractivity (Wildman–Crippen MR) is 234 cm³/mol. The van der Waals surface area contributed by atoms with E-state index in [9.17, 15) is 0 Å². The first kappa shape index (κ1) is 52.1. The van der Waals surface area contributed by atoms with Crippen LogP contribution in [-0.2, 0) is 0 Å². The Kier molecular flexibility index (Phi) is 30.6. The molecule has 0 heterocycles. The standard InChI is InChI=1S/2C15H28.2C8H16.4CH4/c1-12-3-7-14(8-4-12)11-15-9-5-13(2)6-10-15;1-12-6-8-14(9-7-12)11-15-5-3-4-13(2)10-15;1-7-3-5-8(2)6-4-7;1-7-4-3-5-8(2)6-7;;;;/h2*12-15H,3-11H2,1-2H3;2*7-8H,3-6H2,1-2H3;4*1H4. The molecular weight excluding hydrogens is 601 g/mol. The van der Waals surface area contributed by atoms with Crippen LogP contribution < -0.4 is 0 Å². The molecule has 0 N–H and O–H groups in total. The van der Waals surface area contributed by atoms with Crippen LogP contribution in [0, 0.1) is 71.0 Å². The lowest BCUT2D eigenvalue weighted by atomic mass is 9.73. The molecule has 0 amide bonds. The SMILES string of the molecule is C.C.C.C.CC1CCC(C)CC1.CC1CCC(CC2CCC(C)CC2)CC1.CC1CCC(CC2CCCC(C)C2)CC1.CC1CCCC(C)C1. The summed E-state index contributed by atoms with van der Waals surface area (Å²) in [5, 5.41) is 0. The van der Waals surface area contributed by atoms with E-state index in [1.807, 2.05) is 0 Å². The summed E-state index contributed by atoms with van der Waals surface area (Å²) >= 11 is 0. The highest BCUT2D eigenvalue weighted by Crippen LogP contribution is 2.39. The molecule has 0 bridgehead atoms. The molecule has 0 heteroatoms. The van der Waals surface area contributed by atoms with Crippen molar-refractivity contribution in [3.63, 3.8) is 0 Å². The Morgan fingerprint density at radius 3 is 0.740 bits per heavy atom. The highest BCUT2D eigenvalue weighted by molar-refractivity contribution is 4.78. The van der Waals surface area contributed by atoms with Crippen molar-refractivity contribution in [3.05, 3.63) is 0 Å². The van der Waals surface area contributed by atoms with Crippen molar-refractivity contribution >= 4 is 0 Å². The smallest absolute Gasteiger partial charge is 0.0409 e. The molecule has 0 aliphatic heterocycles. The highest BCUT2D eigenvalue weighted by Gasteiger charge is 2.26. The summed E-state index contributed by atoms with van der Waals surface area (Å²) in [6.07, 6.45) is 39.3. The molecule has 4 unspecified atom stereocenters. The maximum absolute atomic E-state index is 2.45. The van der Waals surface area contributed by atoms with Crippen LogP contribution in [0.15, 0.2) is 0 Å². The van der Waals surface area contributed by atoms with Gasteiger partial charge in [-0.05, 0) is 96.7 Å². The first-order valence-electron chi connectivity index (χ1n) is 22.0. The summed E-state index contributed by atoms with van der Waals surface area (Å²) in [6.45, 7) is 19.2. The minimum Gasteiger partial charge on any atom is -0.0776 e. The van der Waals surface area contributed by atoms with Gasteiger partial charge in [-0.2, -0.15) is 0 Å². The largest absolute Gasteiger partial charge is 0.0776 e. The second-order valence-corrected chi connectivity index (χ2v) is 19.7. The van der Waals surface area contributed by atoms with Gasteiger partial charge in [-0.25, -0.2) is 0 Å². The van der Waals surface area contributed by atoms with Crippen molar-refractivity contribution < 1.29 is 0 Å². The summed E-state index contributed by atoms with van der Waals surface area (Å²) in [5.41, 5.74) is 0. The van der Waals surface area contributed by atoms with Crippen LogP contribution in [0.4, 0.5) is 0 Å². The van der Waals surface area contributed by atoms with Gasteiger partial charge in [0.2, 0.25) is 0 Å². The van der Waals surface area contributed by atoms with Crippen molar-refractivity contribution in [2.24, 2.45) is 71.0 Å². The zero-order chi connectivity index (χ0) is 33.3. The van der Waals surface area contributed by atoms with E-state index < -0.39 is 0 Å². The maximum Gasteiger partial charge on any atom is -0.0409 e. The third-order valence-corrected chi connectivity index (χ3v) is 14.3. The Labute approximate surface area is 322 Å². The minimum atomic E-state index is 0. The zero-order valence-corrected chi connectivity index (χ0v) is 33.3. The van der Waals surface area contributed by atoms with Crippen molar-refractivity contribution in [2.45, 2.75) is 252 Å². The molecular formula is C50H104. The van der Waals surface area contributed by atoms with Crippen molar-refractivity contribution in [3.8, 4) is 0 Å². The van der Waals surface area contributed by atoms with E-state index >= 15 is 0 Å². The Morgan fingerprint density at radius 2 is 0.480 bits per heavy atom. The maximum atomic E-state index is 2.45. The van der Waals surface area contributed by atoms with E-state index in [1.165, 1.54) is 154 Å². The summed E-state index contributed by atoms with van der Waals surface area (Å²) in [7, 11) is 0. The van der Waals surface area contributed by atoms with Gasteiger partial charge < -0.3 is 0 Å². The second-order valence-electron chi connectivity index (χ2n) is 19.7. The molecule has 304 valence electrons. The summed E-state index contributed by atoms with van der Waals surface area (Å²) in [4.78, 5) is 0. The van der Waals surface area contributed by atoms with Gasteiger partial charge in [0.15, 0.2) is 0 Å². The summed E-state index contributed by atoms with van der Waals surface area (Å²) < 4.78 is 0. The number of rotatable bonds is 4. The average molecular weight is 705 g/mol. The first-order valence-corrected chi connectivity index (χ1v) is 22.0. The van der Waals surface area contributed by atoms with Crippen LogP contribution in [0.3, 0.4) is 0 Å². The van der Waals surface area contributed by atoms with Gasteiger partial charge >= 0.3 is 0 Å². The van der Waals surface area contributed by atoms with Crippen molar-refractivity contribution in [2.75, 3.05) is 0 Å². The molecule has 0 aromatic heterocycles. The summed E-state index contributed by atoms with van der Waals surface area (Å²) in [6, 6.07) is 0. The normalized spacial score (nSPS) is 38.4. The van der Waals surface area contributed by atoms with Crippen LogP contribution in [0.5, 0.6) is 0 Å². The fraction of sp³-hybridized carbons (Fsp3) is 1.00. The van der Waals surface area contributed by atoms with Gasteiger partial charge in [0.1, 0.15) is 0 Å². The molecule has 0 nitrogen and oxygen atoms in total. The Hall–Kier alpha value is 0. The Bertz CT molecular complexity index is 668. The molecule has 6 aliphatic carbocycles. The molecule has 0 aromatic carbocycles. The topological polar surface area (TPSA) is 0 Å². The third-order valence-electron chi connectivity index (χ3n) is 14.3. The van der Waals surface area contributed by atoms with E-state index in [4.69, 9.17) is 0 Å². The number of hydrogen-bond donors (Lipinski definition) is 0. The minimum absolute atomic E-state index is 0. The lowest BCUT2D eigenvalue weighted by molar-refractivity contribution is 0.196. The van der Waals surface area contributed by atoms with E-state index in [2.05, 4.69) is 55.4 Å². The highest BCUT2D eigenvalue weighted by atomic mass is 14.3. The van der Waals surface area contributed by atoms with Crippen LogP contribution >= 0.6 is 0 Å². The van der Waals surface area contributed by atoms with Crippen LogP contribution in [0.25, 0.3) is 0 Å². The zero-order valence-electron chi connectivity index (χ0n) is 33.3. The summed E-state index contributed by atoms with van der Waals surface area (Å²) in [5.74, 6) is 12.5. The van der Waals surface area contributed by atoms with Gasteiger partial charge in [0, 0.05) is 0 Å². The van der Waals surface area contributed by atoms with Crippen molar-refractivity contribution in [1.82, 2.24) is 0 Å². The van der Waals surface area contributed by atoms with Gasteiger partial charge in [-0.15, -0.1) is 0 Å². The molecule has 50 heavy (non-hydrogen) atoms. The van der Waals surface area contributed by atoms with Gasteiger partial charge in [0.05, 0.1) is 0 Å². The third kappa shape index (κ3) is 22.9. The van der Waals surface area contributed by atoms with Gasteiger partial charge in [-0.1, -0.05) is 226 Å².